The molecule has 0 aliphatic carbocycles. The van der Waals surface area contributed by atoms with E-state index >= 15 is 0 Å². The monoisotopic (exact) mass is 283 g/mol. The number of benzene rings is 1. The minimum atomic E-state index is -1.45. The van der Waals surface area contributed by atoms with Gasteiger partial charge in [0.05, 0.1) is 22.8 Å². The zero-order valence-corrected chi connectivity index (χ0v) is 10.5. The first kappa shape index (κ1) is 15.4. The number of rotatable bonds is 5. The molecular formula is C11H13N3O6. The molecule has 1 rings (SSSR count). The Morgan fingerprint density at radius 3 is 2.60 bits per heavy atom. The Morgan fingerprint density at radius 1 is 1.45 bits per heavy atom. The zero-order chi connectivity index (χ0) is 15.3. The van der Waals surface area contributed by atoms with Crippen molar-refractivity contribution in [1.29, 1.82) is 0 Å². The van der Waals surface area contributed by atoms with Gasteiger partial charge in [0, 0.05) is 6.07 Å². The fourth-order valence-electron chi connectivity index (χ4n) is 1.46. The number of carboxylic acids is 1. The van der Waals surface area contributed by atoms with E-state index in [0.29, 0.717) is 0 Å². The molecule has 9 heteroatoms. The van der Waals surface area contributed by atoms with E-state index in [4.69, 9.17) is 10.2 Å². The Kier molecular flexibility index (Phi) is 4.98. The van der Waals surface area contributed by atoms with Gasteiger partial charge in [0.25, 0.3) is 5.69 Å². The highest BCUT2D eigenvalue weighted by atomic mass is 16.6. The molecule has 108 valence electrons. The second kappa shape index (κ2) is 6.48. The Balaban J connectivity index is 2.84. The molecule has 0 radical (unpaired) electrons. The van der Waals surface area contributed by atoms with Crippen LogP contribution in [0.25, 0.3) is 0 Å². The number of hydrogen-bond acceptors (Lipinski definition) is 5. The summed E-state index contributed by atoms with van der Waals surface area (Å²) in [6.07, 6.45) is 0. The zero-order valence-electron chi connectivity index (χ0n) is 10.5. The maximum Gasteiger partial charge on any atom is 0.328 e. The van der Waals surface area contributed by atoms with Crippen LogP contribution in [0.2, 0.25) is 0 Å². The molecule has 0 bridgehead atoms. The number of anilines is 1. The minimum absolute atomic E-state index is 0.167. The van der Waals surface area contributed by atoms with Crippen LogP contribution in [0.3, 0.4) is 0 Å². The highest BCUT2D eigenvalue weighted by molar-refractivity contribution is 5.93. The molecule has 1 aromatic carbocycles. The van der Waals surface area contributed by atoms with Gasteiger partial charge in [-0.15, -0.1) is 0 Å². The lowest BCUT2D eigenvalue weighted by atomic mass is 10.1. The van der Waals surface area contributed by atoms with Gasteiger partial charge in [-0.05, 0) is 13.0 Å². The van der Waals surface area contributed by atoms with E-state index in [1.54, 1.807) is 0 Å². The summed E-state index contributed by atoms with van der Waals surface area (Å²) in [5.74, 6) is -1.39. The molecular weight excluding hydrogens is 270 g/mol. The van der Waals surface area contributed by atoms with Crippen LogP contribution in [-0.4, -0.2) is 39.8 Å². The number of aliphatic hydroxyl groups is 1. The van der Waals surface area contributed by atoms with Crippen LogP contribution in [0.4, 0.5) is 16.2 Å². The van der Waals surface area contributed by atoms with Gasteiger partial charge in [-0.3, -0.25) is 10.1 Å². The summed E-state index contributed by atoms with van der Waals surface area (Å²) >= 11 is 0. The van der Waals surface area contributed by atoms with Gasteiger partial charge >= 0.3 is 12.0 Å². The molecule has 9 nitrogen and oxygen atoms in total. The van der Waals surface area contributed by atoms with Crippen molar-refractivity contribution in [3.63, 3.8) is 0 Å². The number of nitro benzene ring substituents is 1. The van der Waals surface area contributed by atoms with Crippen LogP contribution in [-0.2, 0) is 4.79 Å². The Morgan fingerprint density at radius 2 is 2.10 bits per heavy atom. The number of hydrogen-bond donors (Lipinski definition) is 4. The number of carbonyl (C=O) groups excluding carboxylic acids is 1. The molecule has 0 heterocycles. The molecule has 0 aliphatic rings. The van der Waals surface area contributed by atoms with E-state index < -0.39 is 29.6 Å². The summed E-state index contributed by atoms with van der Waals surface area (Å²) < 4.78 is 0. The van der Waals surface area contributed by atoms with Crippen molar-refractivity contribution in [3.8, 4) is 0 Å². The third-order valence-corrected chi connectivity index (χ3v) is 2.54. The molecule has 0 aliphatic heterocycles. The first-order valence-corrected chi connectivity index (χ1v) is 5.52. The first-order chi connectivity index (χ1) is 9.36. The van der Waals surface area contributed by atoms with Crippen LogP contribution >= 0.6 is 0 Å². The molecule has 0 saturated heterocycles. The van der Waals surface area contributed by atoms with Gasteiger partial charge in [-0.1, -0.05) is 6.07 Å². The molecule has 0 aromatic heterocycles. The fraction of sp³-hybridized carbons (Fsp3) is 0.273. The topological polar surface area (TPSA) is 142 Å². The lowest BCUT2D eigenvalue weighted by molar-refractivity contribution is -0.385. The Hall–Kier alpha value is -2.68. The van der Waals surface area contributed by atoms with Crippen molar-refractivity contribution in [2.45, 2.75) is 13.0 Å². The van der Waals surface area contributed by atoms with Crippen molar-refractivity contribution in [1.82, 2.24) is 5.32 Å². The van der Waals surface area contributed by atoms with Crippen molar-refractivity contribution in [2.75, 3.05) is 11.9 Å². The van der Waals surface area contributed by atoms with Gasteiger partial charge in [-0.2, -0.15) is 0 Å². The minimum Gasteiger partial charge on any atom is -0.480 e. The van der Waals surface area contributed by atoms with Crippen LogP contribution in [0, 0.1) is 17.0 Å². The van der Waals surface area contributed by atoms with Crippen LogP contribution in [0.1, 0.15) is 5.56 Å². The summed E-state index contributed by atoms with van der Waals surface area (Å²) in [7, 11) is 0. The van der Waals surface area contributed by atoms with E-state index in [2.05, 4.69) is 5.32 Å². The smallest absolute Gasteiger partial charge is 0.328 e. The van der Waals surface area contributed by atoms with Gasteiger partial charge < -0.3 is 20.8 Å². The number of nitrogens with one attached hydrogen (secondary N) is 2. The fourth-order valence-corrected chi connectivity index (χ4v) is 1.46. The van der Waals surface area contributed by atoms with Gasteiger partial charge in [0.15, 0.2) is 6.04 Å². The van der Waals surface area contributed by atoms with E-state index in [1.807, 2.05) is 5.32 Å². The first-order valence-electron chi connectivity index (χ1n) is 5.52. The normalized spacial score (nSPS) is 11.5. The highest BCUT2D eigenvalue weighted by Gasteiger charge is 2.20. The van der Waals surface area contributed by atoms with E-state index in [-0.39, 0.29) is 16.9 Å². The summed E-state index contributed by atoms with van der Waals surface area (Å²) in [5, 5.41) is 32.5. The van der Waals surface area contributed by atoms with Crippen LogP contribution in [0.5, 0.6) is 0 Å². The number of aliphatic hydroxyl groups excluding tert-OH is 1. The van der Waals surface area contributed by atoms with Crippen molar-refractivity contribution >= 4 is 23.4 Å². The van der Waals surface area contributed by atoms with Crippen LogP contribution < -0.4 is 10.6 Å². The predicted molar refractivity (Wildman–Crippen MR) is 68.5 cm³/mol. The van der Waals surface area contributed by atoms with E-state index in [1.165, 1.54) is 25.1 Å². The second-order valence-corrected chi connectivity index (χ2v) is 3.88. The molecule has 0 saturated carbocycles. The largest absolute Gasteiger partial charge is 0.480 e. The Labute approximate surface area is 113 Å². The maximum atomic E-state index is 11.6. The summed E-state index contributed by atoms with van der Waals surface area (Å²) in [6, 6.07) is 1.79. The lowest BCUT2D eigenvalue weighted by Gasteiger charge is -2.13. The highest BCUT2D eigenvalue weighted by Crippen LogP contribution is 2.24. The molecule has 20 heavy (non-hydrogen) atoms. The standard InChI is InChI=1S/C11H13N3O6/c1-6-7(3-2-4-9(6)14(19)20)12-11(18)13-8(5-15)10(16)17/h2-4,8,15H,5H2,1H3,(H,16,17)(H2,12,13,18)/t8-/m1/s1. The average molecular weight is 283 g/mol. The van der Waals surface area contributed by atoms with Gasteiger partial charge in [0.1, 0.15) is 0 Å². The maximum absolute atomic E-state index is 11.6. The molecule has 0 spiro atoms. The quantitative estimate of drug-likeness (QED) is 0.457. The van der Waals surface area contributed by atoms with Crippen molar-refractivity contribution < 1.29 is 24.7 Å². The number of nitrogens with zero attached hydrogens (tertiary/aromatic N) is 1. The third kappa shape index (κ3) is 3.65. The number of carbonyl (C=O) groups is 2. The summed E-state index contributed by atoms with van der Waals surface area (Å²) in [6.45, 7) is 0.686. The lowest BCUT2D eigenvalue weighted by Crippen LogP contribution is -2.45. The Bertz CT molecular complexity index is 545. The third-order valence-electron chi connectivity index (χ3n) is 2.54. The number of carboxylic acid groups (broad SMARTS) is 1. The molecule has 1 aromatic rings. The molecule has 2 amide bonds. The van der Waals surface area contributed by atoms with E-state index in [0.717, 1.165) is 0 Å². The SMILES string of the molecule is Cc1c(NC(=O)N[C@H](CO)C(=O)O)cccc1[N+](=O)[O-]. The number of aliphatic carboxylic acids is 1. The van der Waals surface area contributed by atoms with Gasteiger partial charge in [-0.25, -0.2) is 9.59 Å². The average Bonchev–Trinajstić information content (AvgIpc) is 2.37. The summed E-state index contributed by atoms with van der Waals surface area (Å²) in [5.41, 5.74) is 0.252. The second-order valence-electron chi connectivity index (χ2n) is 3.88. The number of amides is 2. The molecule has 4 N–H and O–H groups in total. The number of nitro groups is 1. The molecule has 0 fully saturated rings. The van der Waals surface area contributed by atoms with E-state index in [9.17, 15) is 19.7 Å². The van der Waals surface area contributed by atoms with Crippen LogP contribution in [0.15, 0.2) is 18.2 Å². The van der Waals surface area contributed by atoms with Crippen molar-refractivity contribution in [2.24, 2.45) is 0 Å². The molecule has 0 unspecified atom stereocenters. The summed E-state index contributed by atoms with van der Waals surface area (Å²) in [4.78, 5) is 32.3. The molecule has 1 atom stereocenters. The van der Waals surface area contributed by atoms with Gasteiger partial charge in [0.2, 0.25) is 0 Å². The van der Waals surface area contributed by atoms with Crippen molar-refractivity contribution in [3.05, 3.63) is 33.9 Å². The number of urea groups is 1. The predicted octanol–water partition coefficient (Wildman–Crippen LogP) is 0.470.